The van der Waals surface area contributed by atoms with Crippen LogP contribution < -0.4 is 10.2 Å². The lowest BCUT2D eigenvalue weighted by Gasteiger charge is -2.26. The lowest BCUT2D eigenvalue weighted by atomic mass is 10.2. The van der Waals surface area contributed by atoms with E-state index in [-0.39, 0.29) is 24.4 Å². The maximum Gasteiger partial charge on any atom is 0.325 e. The highest BCUT2D eigenvalue weighted by molar-refractivity contribution is 6.05. The summed E-state index contributed by atoms with van der Waals surface area (Å²) in [5.41, 5.74) is 2.32. The van der Waals surface area contributed by atoms with Crippen molar-refractivity contribution in [2.24, 2.45) is 0 Å². The second kappa shape index (κ2) is 10.2. The molecular formula is C29H27FN6O3. The molecule has 0 unspecified atom stereocenters. The standard InChI is InChI=1S/C29H27FN6O3/c30-22-10-4-5-11-25(22)36-24-13-6-12-23(21(24)18-31-36)35-17-16-33(29(35)39)19-27(37)34-15-7-14-26(34)28(38)32-20-8-2-1-3-9-20/h1-6,8-13,18,26H,7,14-17,19H2,(H,32,38)/t26-/m1/s1. The van der Waals surface area contributed by atoms with E-state index in [4.69, 9.17) is 0 Å². The van der Waals surface area contributed by atoms with Gasteiger partial charge in [0.15, 0.2) is 0 Å². The number of anilines is 2. The second-order valence-electron chi connectivity index (χ2n) is 9.67. The van der Waals surface area contributed by atoms with E-state index in [2.05, 4.69) is 10.4 Å². The van der Waals surface area contributed by atoms with Gasteiger partial charge in [-0.2, -0.15) is 5.10 Å². The number of carbonyl (C=O) groups is 3. The fraction of sp³-hybridized carbons (Fsp3) is 0.241. The molecule has 0 saturated carbocycles. The minimum absolute atomic E-state index is 0.102. The zero-order valence-electron chi connectivity index (χ0n) is 21.2. The number of nitrogens with zero attached hydrogens (tertiary/aromatic N) is 5. The third-order valence-corrected chi connectivity index (χ3v) is 7.30. The topological polar surface area (TPSA) is 90.8 Å². The van der Waals surface area contributed by atoms with Gasteiger partial charge in [-0.25, -0.2) is 13.9 Å². The predicted molar refractivity (Wildman–Crippen MR) is 145 cm³/mol. The highest BCUT2D eigenvalue weighted by Gasteiger charge is 2.38. The van der Waals surface area contributed by atoms with Crippen LogP contribution in [0.25, 0.3) is 16.6 Å². The monoisotopic (exact) mass is 526 g/mol. The van der Waals surface area contributed by atoms with E-state index in [1.807, 2.05) is 30.3 Å². The number of halogens is 1. The van der Waals surface area contributed by atoms with Gasteiger partial charge < -0.3 is 15.1 Å². The minimum Gasteiger partial charge on any atom is -0.329 e. The number of hydrogen-bond donors (Lipinski definition) is 1. The average Bonchev–Trinajstić information content (AvgIpc) is 3.69. The molecule has 2 saturated heterocycles. The maximum atomic E-state index is 14.4. The number of hydrogen-bond acceptors (Lipinski definition) is 4. The molecule has 1 aromatic heterocycles. The van der Waals surface area contributed by atoms with E-state index < -0.39 is 11.9 Å². The lowest BCUT2D eigenvalue weighted by Crippen LogP contribution is -2.48. The predicted octanol–water partition coefficient (Wildman–Crippen LogP) is 4.04. The molecule has 3 aromatic carbocycles. The summed E-state index contributed by atoms with van der Waals surface area (Å²) in [6.45, 7) is 1.14. The zero-order chi connectivity index (χ0) is 26.9. The molecule has 0 bridgehead atoms. The van der Waals surface area contributed by atoms with Crippen LogP contribution in [-0.4, -0.2) is 69.6 Å². The number of fused-ring (bicyclic) bond motifs is 1. The molecule has 10 heteroatoms. The molecule has 39 heavy (non-hydrogen) atoms. The Kier molecular flexibility index (Phi) is 6.44. The van der Waals surface area contributed by atoms with Crippen molar-refractivity contribution in [2.45, 2.75) is 18.9 Å². The van der Waals surface area contributed by atoms with Crippen molar-refractivity contribution in [2.75, 3.05) is 36.4 Å². The van der Waals surface area contributed by atoms with Crippen LogP contribution in [0.15, 0.2) is 79.0 Å². The molecule has 2 aliphatic rings. The first-order chi connectivity index (χ1) is 19.0. The molecule has 4 aromatic rings. The fourth-order valence-corrected chi connectivity index (χ4v) is 5.38. The minimum atomic E-state index is -0.565. The smallest absolute Gasteiger partial charge is 0.325 e. The Morgan fingerprint density at radius 1 is 0.923 bits per heavy atom. The molecule has 3 heterocycles. The zero-order valence-corrected chi connectivity index (χ0v) is 21.2. The largest absolute Gasteiger partial charge is 0.329 e. The van der Waals surface area contributed by atoms with Crippen molar-refractivity contribution < 1.29 is 18.8 Å². The Bertz CT molecular complexity index is 1560. The average molecular weight is 527 g/mol. The second-order valence-corrected chi connectivity index (χ2v) is 9.67. The SMILES string of the molecule is O=C(Nc1ccccc1)[C@H]1CCCN1C(=O)CN1CCN(c2cccc3c2cnn3-c2ccccc2F)C1=O. The summed E-state index contributed by atoms with van der Waals surface area (Å²) in [5.74, 6) is -0.867. The Labute approximate surface area is 224 Å². The molecule has 6 rings (SSSR count). The van der Waals surface area contributed by atoms with E-state index in [9.17, 15) is 18.8 Å². The van der Waals surface area contributed by atoms with Crippen LogP contribution in [-0.2, 0) is 9.59 Å². The lowest BCUT2D eigenvalue weighted by molar-refractivity contribution is -0.136. The van der Waals surface area contributed by atoms with Crippen molar-refractivity contribution in [1.29, 1.82) is 0 Å². The molecule has 9 nitrogen and oxygen atoms in total. The normalized spacial score (nSPS) is 17.3. The Hall–Kier alpha value is -4.73. The van der Waals surface area contributed by atoms with Gasteiger partial charge in [0, 0.05) is 30.7 Å². The van der Waals surface area contributed by atoms with Crippen molar-refractivity contribution in [3.8, 4) is 5.69 Å². The molecule has 1 N–H and O–H groups in total. The van der Waals surface area contributed by atoms with E-state index in [0.29, 0.717) is 54.0 Å². The summed E-state index contributed by atoms with van der Waals surface area (Å²) in [5, 5.41) is 7.97. The van der Waals surface area contributed by atoms with Gasteiger partial charge in [-0.1, -0.05) is 36.4 Å². The molecule has 0 radical (unpaired) electrons. The van der Waals surface area contributed by atoms with Gasteiger partial charge in [-0.15, -0.1) is 0 Å². The van der Waals surface area contributed by atoms with Crippen molar-refractivity contribution >= 4 is 40.1 Å². The molecule has 2 fully saturated rings. The number of urea groups is 1. The number of para-hydroxylation sites is 2. The summed E-state index contributed by atoms with van der Waals surface area (Å²) in [6, 6.07) is 20.1. The van der Waals surface area contributed by atoms with Gasteiger partial charge in [0.05, 0.1) is 17.4 Å². The Morgan fingerprint density at radius 2 is 1.69 bits per heavy atom. The fourth-order valence-electron chi connectivity index (χ4n) is 5.38. The Morgan fingerprint density at radius 3 is 2.51 bits per heavy atom. The van der Waals surface area contributed by atoms with Crippen molar-refractivity contribution in [3.05, 3.63) is 84.8 Å². The first-order valence-corrected chi connectivity index (χ1v) is 12.9. The van der Waals surface area contributed by atoms with Gasteiger partial charge in [-0.05, 0) is 49.2 Å². The van der Waals surface area contributed by atoms with Crippen LogP contribution >= 0.6 is 0 Å². The molecule has 2 aliphatic heterocycles. The number of amides is 4. The molecule has 4 amide bonds. The highest BCUT2D eigenvalue weighted by Crippen LogP contribution is 2.31. The van der Waals surface area contributed by atoms with Crippen LogP contribution in [0, 0.1) is 5.82 Å². The van der Waals surface area contributed by atoms with Crippen LogP contribution in [0.1, 0.15) is 12.8 Å². The van der Waals surface area contributed by atoms with Gasteiger partial charge in [0.1, 0.15) is 24.1 Å². The van der Waals surface area contributed by atoms with Crippen molar-refractivity contribution in [1.82, 2.24) is 19.6 Å². The Balaban J connectivity index is 1.16. The molecule has 0 aliphatic carbocycles. The summed E-state index contributed by atoms with van der Waals surface area (Å²) in [7, 11) is 0. The summed E-state index contributed by atoms with van der Waals surface area (Å²) in [4.78, 5) is 44.2. The number of carbonyl (C=O) groups excluding carboxylic acids is 3. The van der Waals surface area contributed by atoms with Crippen LogP contribution in [0.5, 0.6) is 0 Å². The first-order valence-electron chi connectivity index (χ1n) is 12.9. The molecule has 198 valence electrons. The van der Waals surface area contributed by atoms with Crippen LogP contribution in [0.2, 0.25) is 0 Å². The third-order valence-electron chi connectivity index (χ3n) is 7.30. The van der Waals surface area contributed by atoms with Gasteiger partial charge in [-0.3, -0.25) is 14.5 Å². The number of benzene rings is 3. The first kappa shape index (κ1) is 24.6. The number of likely N-dealkylation sites (tertiary alicyclic amines) is 1. The van der Waals surface area contributed by atoms with Crippen molar-refractivity contribution in [3.63, 3.8) is 0 Å². The maximum absolute atomic E-state index is 14.4. The summed E-state index contributed by atoms with van der Waals surface area (Å²) >= 11 is 0. The summed E-state index contributed by atoms with van der Waals surface area (Å²) in [6.07, 6.45) is 2.93. The number of nitrogens with one attached hydrogen (secondary N) is 1. The van der Waals surface area contributed by atoms with Crippen LogP contribution in [0.3, 0.4) is 0 Å². The van der Waals surface area contributed by atoms with E-state index in [1.165, 1.54) is 15.6 Å². The highest BCUT2D eigenvalue weighted by atomic mass is 19.1. The van der Waals surface area contributed by atoms with E-state index >= 15 is 0 Å². The molecule has 1 atom stereocenters. The molecular weight excluding hydrogens is 499 g/mol. The van der Waals surface area contributed by atoms with Gasteiger partial charge in [0.25, 0.3) is 0 Å². The quantitative estimate of drug-likeness (QED) is 0.411. The van der Waals surface area contributed by atoms with Crippen LogP contribution in [0.4, 0.5) is 20.6 Å². The van der Waals surface area contributed by atoms with Gasteiger partial charge in [0.2, 0.25) is 11.8 Å². The molecule has 0 spiro atoms. The number of rotatable bonds is 6. The third kappa shape index (κ3) is 4.58. The van der Waals surface area contributed by atoms with E-state index in [1.54, 1.807) is 52.4 Å². The number of aromatic nitrogens is 2. The van der Waals surface area contributed by atoms with E-state index in [0.717, 1.165) is 6.42 Å². The summed E-state index contributed by atoms with van der Waals surface area (Å²) < 4.78 is 16.0. The van der Waals surface area contributed by atoms with Gasteiger partial charge >= 0.3 is 6.03 Å².